The SMILES string of the molecule is Cc1noc2nc(-c3ccco3)cc(C(=O)OCC(=O)NCCCc3ccccc3)c12. The second-order valence-corrected chi connectivity index (χ2v) is 7.00. The number of nitrogens with one attached hydrogen (secondary N) is 1. The van der Waals surface area contributed by atoms with E-state index in [0.717, 1.165) is 12.8 Å². The minimum absolute atomic E-state index is 0.198. The van der Waals surface area contributed by atoms with Crippen molar-refractivity contribution in [1.82, 2.24) is 15.5 Å². The molecule has 31 heavy (non-hydrogen) atoms. The highest BCUT2D eigenvalue weighted by atomic mass is 16.5. The molecule has 1 aromatic carbocycles. The Labute approximate surface area is 178 Å². The van der Waals surface area contributed by atoms with Gasteiger partial charge in [0.2, 0.25) is 0 Å². The normalized spacial score (nSPS) is 10.9. The van der Waals surface area contributed by atoms with Crippen molar-refractivity contribution in [2.24, 2.45) is 0 Å². The number of nitrogens with zero attached hydrogens (tertiary/aromatic N) is 2. The molecule has 0 bridgehead atoms. The van der Waals surface area contributed by atoms with Gasteiger partial charge in [0.1, 0.15) is 5.69 Å². The average molecular weight is 419 g/mol. The number of hydrogen-bond acceptors (Lipinski definition) is 7. The Kier molecular flexibility index (Phi) is 6.07. The summed E-state index contributed by atoms with van der Waals surface area (Å²) in [5.74, 6) is -0.549. The number of aryl methyl sites for hydroxylation is 2. The highest BCUT2D eigenvalue weighted by molar-refractivity contribution is 6.04. The summed E-state index contributed by atoms with van der Waals surface area (Å²) in [6.07, 6.45) is 3.16. The molecule has 0 aliphatic heterocycles. The Balaban J connectivity index is 1.37. The van der Waals surface area contributed by atoms with Crippen LogP contribution in [0.2, 0.25) is 0 Å². The summed E-state index contributed by atoms with van der Waals surface area (Å²) in [4.78, 5) is 29.1. The molecule has 8 nitrogen and oxygen atoms in total. The average Bonchev–Trinajstić information content (AvgIpc) is 3.46. The Morgan fingerprint density at radius 1 is 1.13 bits per heavy atom. The first-order valence-corrected chi connectivity index (χ1v) is 9.90. The van der Waals surface area contributed by atoms with Gasteiger partial charge in [0.05, 0.1) is 22.9 Å². The quantitative estimate of drug-likeness (QED) is 0.343. The van der Waals surface area contributed by atoms with Gasteiger partial charge in [-0.1, -0.05) is 35.5 Å². The molecule has 158 valence electrons. The summed E-state index contributed by atoms with van der Waals surface area (Å²) in [6.45, 7) is 1.82. The number of furan rings is 1. The fraction of sp³-hybridized carbons (Fsp3) is 0.217. The smallest absolute Gasteiger partial charge is 0.339 e. The van der Waals surface area contributed by atoms with Crippen molar-refractivity contribution in [2.45, 2.75) is 19.8 Å². The minimum atomic E-state index is -0.661. The van der Waals surface area contributed by atoms with Gasteiger partial charge in [-0.05, 0) is 43.5 Å². The molecule has 4 rings (SSSR count). The molecule has 0 fully saturated rings. The fourth-order valence-electron chi connectivity index (χ4n) is 3.23. The van der Waals surface area contributed by atoms with Crippen molar-refractivity contribution < 1.29 is 23.3 Å². The van der Waals surface area contributed by atoms with Crippen molar-refractivity contribution in [3.63, 3.8) is 0 Å². The van der Waals surface area contributed by atoms with Crippen LogP contribution >= 0.6 is 0 Å². The maximum absolute atomic E-state index is 12.7. The van der Waals surface area contributed by atoms with Crippen LogP contribution in [0.5, 0.6) is 0 Å². The predicted molar refractivity (Wildman–Crippen MR) is 112 cm³/mol. The Morgan fingerprint density at radius 3 is 2.74 bits per heavy atom. The van der Waals surface area contributed by atoms with E-state index in [2.05, 4.69) is 15.5 Å². The molecule has 4 aromatic rings. The van der Waals surface area contributed by atoms with Crippen LogP contribution in [0.4, 0.5) is 0 Å². The van der Waals surface area contributed by atoms with Crippen LogP contribution < -0.4 is 5.32 Å². The van der Waals surface area contributed by atoms with Gasteiger partial charge < -0.3 is 19.0 Å². The molecule has 0 saturated heterocycles. The molecule has 3 heterocycles. The standard InChI is InChI=1S/C23H21N3O5/c1-15-21-17(13-18(19-10-6-12-29-19)25-22(21)31-26-15)23(28)30-14-20(27)24-11-5-9-16-7-3-2-4-8-16/h2-4,6-8,10,12-13H,5,9,11,14H2,1H3,(H,24,27). The summed E-state index contributed by atoms with van der Waals surface area (Å²) in [7, 11) is 0. The number of pyridine rings is 1. The van der Waals surface area contributed by atoms with Gasteiger partial charge in [-0.2, -0.15) is 0 Å². The second kappa shape index (κ2) is 9.25. The summed E-state index contributed by atoms with van der Waals surface area (Å²) in [5.41, 5.74) is 2.54. The van der Waals surface area contributed by atoms with Gasteiger partial charge in [0.25, 0.3) is 11.6 Å². The molecule has 1 amide bonds. The first-order valence-electron chi connectivity index (χ1n) is 9.90. The number of carbonyl (C=O) groups is 2. The van der Waals surface area contributed by atoms with Gasteiger partial charge in [-0.3, -0.25) is 4.79 Å². The highest BCUT2D eigenvalue weighted by Gasteiger charge is 2.21. The summed E-state index contributed by atoms with van der Waals surface area (Å²) in [5, 5.41) is 7.09. The molecule has 0 atom stereocenters. The molecular formula is C23H21N3O5. The number of esters is 1. The lowest BCUT2D eigenvalue weighted by atomic mass is 10.1. The molecular weight excluding hydrogens is 398 g/mol. The van der Waals surface area contributed by atoms with Crippen molar-refractivity contribution in [3.05, 3.63) is 71.6 Å². The predicted octanol–water partition coefficient (Wildman–Crippen LogP) is 3.70. The van der Waals surface area contributed by atoms with Crippen LogP contribution in [0.3, 0.4) is 0 Å². The van der Waals surface area contributed by atoms with E-state index < -0.39 is 5.97 Å². The summed E-state index contributed by atoms with van der Waals surface area (Å²) in [6, 6.07) is 15.0. The zero-order chi connectivity index (χ0) is 21.6. The highest BCUT2D eigenvalue weighted by Crippen LogP contribution is 2.27. The van der Waals surface area contributed by atoms with Crippen LogP contribution in [0, 0.1) is 6.92 Å². The summed E-state index contributed by atoms with van der Waals surface area (Å²) < 4.78 is 15.8. The van der Waals surface area contributed by atoms with Gasteiger partial charge in [-0.25, -0.2) is 9.78 Å². The lowest BCUT2D eigenvalue weighted by Crippen LogP contribution is -2.29. The zero-order valence-electron chi connectivity index (χ0n) is 17.0. The molecule has 0 aliphatic rings. The Morgan fingerprint density at radius 2 is 1.97 bits per heavy atom. The van der Waals surface area contributed by atoms with E-state index in [1.165, 1.54) is 11.8 Å². The van der Waals surface area contributed by atoms with E-state index >= 15 is 0 Å². The minimum Gasteiger partial charge on any atom is -0.463 e. The third kappa shape index (κ3) is 4.80. The van der Waals surface area contributed by atoms with Crippen LogP contribution in [0.25, 0.3) is 22.6 Å². The van der Waals surface area contributed by atoms with Crippen molar-refractivity contribution in [3.8, 4) is 11.5 Å². The third-order valence-electron chi connectivity index (χ3n) is 4.75. The molecule has 1 N–H and O–H groups in total. The monoisotopic (exact) mass is 419 g/mol. The topological polar surface area (TPSA) is 107 Å². The molecule has 0 spiro atoms. The van der Waals surface area contributed by atoms with Gasteiger partial charge in [-0.15, -0.1) is 0 Å². The zero-order valence-corrected chi connectivity index (χ0v) is 17.0. The Bertz CT molecular complexity index is 1180. The number of carbonyl (C=O) groups excluding carboxylic acids is 2. The lowest BCUT2D eigenvalue weighted by Gasteiger charge is -2.08. The van der Waals surface area contributed by atoms with Crippen molar-refractivity contribution >= 4 is 23.0 Å². The number of hydrogen-bond donors (Lipinski definition) is 1. The number of fused-ring (bicyclic) bond motifs is 1. The maximum atomic E-state index is 12.7. The van der Waals surface area contributed by atoms with Gasteiger partial charge >= 0.3 is 5.97 Å². The molecule has 0 radical (unpaired) electrons. The first-order chi connectivity index (χ1) is 15.1. The number of benzene rings is 1. The van der Waals surface area contributed by atoms with Crippen LogP contribution in [0.15, 0.2) is 63.7 Å². The van der Waals surface area contributed by atoms with E-state index in [0.29, 0.717) is 29.1 Å². The van der Waals surface area contributed by atoms with E-state index in [1.807, 2.05) is 30.3 Å². The van der Waals surface area contributed by atoms with E-state index in [-0.39, 0.29) is 23.8 Å². The third-order valence-corrected chi connectivity index (χ3v) is 4.75. The Hall–Kier alpha value is -3.94. The number of rotatable bonds is 8. The van der Waals surface area contributed by atoms with Crippen LogP contribution in [-0.2, 0) is 16.0 Å². The van der Waals surface area contributed by atoms with Gasteiger partial charge in [0, 0.05) is 6.54 Å². The lowest BCUT2D eigenvalue weighted by molar-refractivity contribution is -0.124. The molecule has 0 saturated carbocycles. The van der Waals surface area contributed by atoms with Gasteiger partial charge in [0.15, 0.2) is 12.4 Å². The van der Waals surface area contributed by atoms with Crippen LogP contribution in [0.1, 0.15) is 28.0 Å². The van der Waals surface area contributed by atoms with Crippen molar-refractivity contribution in [1.29, 1.82) is 0 Å². The number of aromatic nitrogens is 2. The largest absolute Gasteiger partial charge is 0.463 e. The van der Waals surface area contributed by atoms with Crippen molar-refractivity contribution in [2.75, 3.05) is 13.2 Å². The van der Waals surface area contributed by atoms with E-state index in [1.54, 1.807) is 25.1 Å². The fourth-order valence-corrected chi connectivity index (χ4v) is 3.23. The number of ether oxygens (including phenoxy) is 1. The van der Waals surface area contributed by atoms with E-state index in [4.69, 9.17) is 13.7 Å². The molecule has 0 aliphatic carbocycles. The molecule has 8 heteroatoms. The maximum Gasteiger partial charge on any atom is 0.339 e. The number of amides is 1. The summed E-state index contributed by atoms with van der Waals surface area (Å²) >= 11 is 0. The first kappa shape index (κ1) is 20.3. The molecule has 3 aromatic heterocycles. The second-order valence-electron chi connectivity index (χ2n) is 7.00. The molecule has 0 unspecified atom stereocenters. The van der Waals surface area contributed by atoms with Crippen LogP contribution in [-0.4, -0.2) is 35.2 Å². The van der Waals surface area contributed by atoms with E-state index in [9.17, 15) is 9.59 Å².